The summed E-state index contributed by atoms with van der Waals surface area (Å²) < 4.78 is 44.3. The molecule has 6 nitrogen and oxygen atoms in total. The first kappa shape index (κ1) is 22.5. The van der Waals surface area contributed by atoms with Gasteiger partial charge in [0.1, 0.15) is 0 Å². The molecule has 1 N–H and O–H groups in total. The van der Waals surface area contributed by atoms with Crippen LogP contribution < -0.4 is 10.2 Å². The van der Waals surface area contributed by atoms with Crippen LogP contribution in [0.4, 0.5) is 18.3 Å². The molecular weight excluding hydrogens is 417 g/mol. The predicted octanol–water partition coefficient (Wildman–Crippen LogP) is 3.86. The fraction of sp³-hybridized carbons (Fsp3) is 0.550. The van der Waals surface area contributed by atoms with Gasteiger partial charge in [0.15, 0.2) is 11.2 Å². The molecule has 0 saturated carbocycles. The van der Waals surface area contributed by atoms with Gasteiger partial charge in [-0.05, 0) is 31.5 Å². The molecule has 1 amide bonds. The molecule has 164 valence electrons. The molecule has 1 aliphatic rings. The van der Waals surface area contributed by atoms with E-state index in [1.54, 1.807) is 18.7 Å². The summed E-state index contributed by atoms with van der Waals surface area (Å²) in [5, 5.41) is 3.34. The van der Waals surface area contributed by atoms with Crippen LogP contribution in [0.15, 0.2) is 12.1 Å². The minimum atomic E-state index is -4.42. The molecule has 1 aliphatic heterocycles. The molecule has 3 rings (SSSR count). The molecule has 1 unspecified atom stereocenters. The molecule has 3 heterocycles. The number of halogens is 3. The number of aromatic nitrogens is 2. The summed E-state index contributed by atoms with van der Waals surface area (Å²) in [4.78, 5) is 23.4. The molecule has 0 radical (unpaired) electrons. The van der Waals surface area contributed by atoms with Crippen LogP contribution in [-0.2, 0) is 16.1 Å². The molecular formula is C20H25F3N4O2S. The highest BCUT2D eigenvalue weighted by atomic mass is 32.1. The molecule has 0 aliphatic carbocycles. The summed E-state index contributed by atoms with van der Waals surface area (Å²) >= 11 is 1.32. The second kappa shape index (κ2) is 8.89. The van der Waals surface area contributed by atoms with E-state index in [0.717, 1.165) is 21.8 Å². The van der Waals surface area contributed by atoms with Crippen LogP contribution in [0.3, 0.4) is 0 Å². The topological polar surface area (TPSA) is 67.3 Å². The van der Waals surface area contributed by atoms with E-state index in [-0.39, 0.29) is 31.5 Å². The van der Waals surface area contributed by atoms with Gasteiger partial charge in [0.05, 0.1) is 30.3 Å². The Morgan fingerprint density at radius 3 is 2.57 bits per heavy atom. The first-order valence-corrected chi connectivity index (χ1v) is 10.5. The highest BCUT2D eigenvalue weighted by Gasteiger charge is 2.44. The third-order valence-electron chi connectivity index (χ3n) is 4.69. The lowest BCUT2D eigenvalue weighted by atomic mass is 10.1. The van der Waals surface area contributed by atoms with Crippen molar-refractivity contribution in [2.45, 2.75) is 46.5 Å². The SMILES string of the molecule is Cc1cc(-c2sc(N3CCOC(C(F)(F)F)C3)nc2CNC(=O)C(C)C)cc(C)n1. The number of rotatable bonds is 5. The van der Waals surface area contributed by atoms with E-state index < -0.39 is 12.3 Å². The molecule has 30 heavy (non-hydrogen) atoms. The molecule has 0 aromatic carbocycles. The third-order valence-corrected chi connectivity index (χ3v) is 5.89. The predicted molar refractivity (Wildman–Crippen MR) is 110 cm³/mol. The number of nitrogens with zero attached hydrogens (tertiary/aromatic N) is 3. The minimum Gasteiger partial charge on any atom is -0.365 e. The van der Waals surface area contributed by atoms with Crippen molar-refractivity contribution >= 4 is 22.4 Å². The van der Waals surface area contributed by atoms with Crippen LogP contribution >= 0.6 is 11.3 Å². The van der Waals surface area contributed by atoms with Gasteiger partial charge in [-0.2, -0.15) is 13.2 Å². The van der Waals surface area contributed by atoms with Gasteiger partial charge in [0.2, 0.25) is 5.91 Å². The van der Waals surface area contributed by atoms with Crippen molar-refractivity contribution in [1.82, 2.24) is 15.3 Å². The van der Waals surface area contributed by atoms with Gasteiger partial charge in [0, 0.05) is 23.9 Å². The van der Waals surface area contributed by atoms with E-state index in [1.165, 1.54) is 11.3 Å². The standard InChI is InChI=1S/C20H25F3N4O2S/c1-11(2)18(28)24-9-15-17(14-7-12(3)25-13(4)8-14)30-19(26-15)27-5-6-29-16(10-27)20(21,22)23/h7-8,11,16H,5-6,9-10H2,1-4H3,(H,24,28). The lowest BCUT2D eigenvalue weighted by Crippen LogP contribution is -2.49. The third kappa shape index (κ3) is 5.28. The summed E-state index contributed by atoms with van der Waals surface area (Å²) in [7, 11) is 0. The van der Waals surface area contributed by atoms with Crippen molar-refractivity contribution in [1.29, 1.82) is 0 Å². The van der Waals surface area contributed by atoms with Gasteiger partial charge < -0.3 is 15.0 Å². The number of alkyl halides is 3. The second-order valence-corrected chi connectivity index (χ2v) is 8.61. The van der Waals surface area contributed by atoms with Gasteiger partial charge in [-0.15, -0.1) is 0 Å². The Morgan fingerprint density at radius 2 is 1.97 bits per heavy atom. The fourth-order valence-electron chi connectivity index (χ4n) is 3.18. The normalized spacial score (nSPS) is 17.5. The van der Waals surface area contributed by atoms with E-state index in [1.807, 2.05) is 26.0 Å². The average molecular weight is 443 g/mol. The number of aryl methyl sites for hydroxylation is 2. The van der Waals surface area contributed by atoms with Crippen molar-refractivity contribution in [3.05, 3.63) is 29.2 Å². The molecule has 10 heteroatoms. The molecule has 1 atom stereocenters. The first-order valence-electron chi connectivity index (χ1n) is 9.71. The Balaban J connectivity index is 1.94. The quantitative estimate of drug-likeness (QED) is 0.762. The van der Waals surface area contributed by atoms with E-state index in [9.17, 15) is 18.0 Å². The molecule has 2 aromatic heterocycles. The van der Waals surface area contributed by atoms with Crippen LogP contribution in [0.25, 0.3) is 10.4 Å². The van der Waals surface area contributed by atoms with Gasteiger partial charge in [-0.25, -0.2) is 4.98 Å². The largest absolute Gasteiger partial charge is 0.416 e. The maximum atomic E-state index is 13.1. The zero-order valence-electron chi connectivity index (χ0n) is 17.3. The number of carbonyl (C=O) groups excluding carboxylic acids is 1. The second-order valence-electron chi connectivity index (χ2n) is 7.63. The van der Waals surface area contributed by atoms with Gasteiger partial charge >= 0.3 is 6.18 Å². The maximum Gasteiger partial charge on any atom is 0.416 e. The first-order chi connectivity index (χ1) is 14.0. The van der Waals surface area contributed by atoms with Crippen molar-refractivity contribution < 1.29 is 22.7 Å². The monoisotopic (exact) mass is 442 g/mol. The lowest BCUT2D eigenvalue weighted by Gasteiger charge is -2.33. The number of anilines is 1. The van der Waals surface area contributed by atoms with Gasteiger partial charge in [-0.1, -0.05) is 25.2 Å². The van der Waals surface area contributed by atoms with E-state index >= 15 is 0 Å². The van der Waals surface area contributed by atoms with Crippen molar-refractivity contribution in [2.75, 3.05) is 24.6 Å². The zero-order valence-corrected chi connectivity index (χ0v) is 18.2. The summed E-state index contributed by atoms with van der Waals surface area (Å²) in [5.74, 6) is -0.287. The molecule has 0 spiro atoms. The molecule has 1 saturated heterocycles. The number of carbonyl (C=O) groups is 1. The van der Waals surface area contributed by atoms with Gasteiger partial charge in [0.25, 0.3) is 0 Å². The number of hydrogen-bond acceptors (Lipinski definition) is 6. The summed E-state index contributed by atoms with van der Waals surface area (Å²) in [6.45, 7) is 7.56. The maximum absolute atomic E-state index is 13.1. The van der Waals surface area contributed by atoms with Crippen LogP contribution in [0.2, 0.25) is 0 Å². The number of thiazole rings is 1. The smallest absolute Gasteiger partial charge is 0.365 e. The Bertz CT molecular complexity index is 894. The van der Waals surface area contributed by atoms with Gasteiger partial charge in [-0.3, -0.25) is 9.78 Å². The Labute approximate surface area is 177 Å². The fourth-order valence-corrected chi connectivity index (χ4v) is 4.29. The Morgan fingerprint density at radius 1 is 1.30 bits per heavy atom. The highest BCUT2D eigenvalue weighted by Crippen LogP contribution is 2.37. The van der Waals surface area contributed by atoms with E-state index in [2.05, 4.69) is 15.3 Å². The highest BCUT2D eigenvalue weighted by molar-refractivity contribution is 7.19. The Hall–Kier alpha value is -2.20. The number of ether oxygens (including phenoxy) is 1. The minimum absolute atomic E-state index is 0.0218. The van der Waals surface area contributed by atoms with Crippen LogP contribution in [0.5, 0.6) is 0 Å². The van der Waals surface area contributed by atoms with E-state index in [0.29, 0.717) is 17.4 Å². The van der Waals surface area contributed by atoms with E-state index in [4.69, 9.17) is 4.74 Å². The summed E-state index contributed by atoms with van der Waals surface area (Å²) in [6, 6.07) is 3.83. The number of amides is 1. The Kier molecular flexibility index (Phi) is 6.66. The van der Waals surface area contributed by atoms with Crippen molar-refractivity contribution in [3.8, 4) is 10.4 Å². The van der Waals surface area contributed by atoms with Crippen LogP contribution in [0, 0.1) is 19.8 Å². The lowest BCUT2D eigenvalue weighted by molar-refractivity contribution is -0.221. The molecule has 1 fully saturated rings. The summed E-state index contributed by atoms with van der Waals surface area (Å²) in [5.41, 5.74) is 3.18. The van der Waals surface area contributed by atoms with Crippen molar-refractivity contribution in [2.24, 2.45) is 5.92 Å². The molecule has 2 aromatic rings. The zero-order chi connectivity index (χ0) is 22.1. The number of morpholine rings is 1. The van der Waals surface area contributed by atoms with Crippen LogP contribution in [0.1, 0.15) is 30.9 Å². The average Bonchev–Trinajstić information content (AvgIpc) is 3.09. The van der Waals surface area contributed by atoms with Crippen molar-refractivity contribution in [3.63, 3.8) is 0 Å². The summed E-state index contributed by atoms with van der Waals surface area (Å²) in [6.07, 6.45) is -6.26. The number of nitrogens with one attached hydrogen (secondary N) is 1. The molecule has 0 bridgehead atoms. The number of pyridine rings is 1. The van der Waals surface area contributed by atoms with Crippen LogP contribution in [-0.4, -0.2) is 47.9 Å². The number of hydrogen-bond donors (Lipinski definition) is 1.